The van der Waals surface area contributed by atoms with Crippen molar-refractivity contribution in [3.63, 3.8) is 0 Å². The van der Waals surface area contributed by atoms with Gasteiger partial charge in [0, 0.05) is 25.7 Å². The van der Waals surface area contributed by atoms with Crippen LogP contribution in [0.4, 0.5) is 0 Å². The number of esters is 1. The number of carbonyl (C=O) groups is 2. The van der Waals surface area contributed by atoms with Crippen molar-refractivity contribution in [2.45, 2.75) is 32.9 Å². The van der Waals surface area contributed by atoms with Crippen molar-refractivity contribution in [2.24, 2.45) is 5.73 Å². The summed E-state index contributed by atoms with van der Waals surface area (Å²) in [6.45, 7) is 9.10. The fourth-order valence-electron chi connectivity index (χ4n) is 2.19. The zero-order chi connectivity index (χ0) is 13.7. The molecule has 1 fully saturated rings. The summed E-state index contributed by atoms with van der Waals surface area (Å²) in [6.07, 6.45) is 0. The lowest BCUT2D eigenvalue weighted by molar-refractivity contribution is -0.151. The summed E-state index contributed by atoms with van der Waals surface area (Å²) in [6, 6.07) is -0.896. The van der Waals surface area contributed by atoms with E-state index in [0.29, 0.717) is 19.1 Å². The summed E-state index contributed by atoms with van der Waals surface area (Å²) in [5.74, 6) is -0.982. The highest BCUT2D eigenvalue weighted by Gasteiger charge is 2.32. The van der Waals surface area contributed by atoms with E-state index >= 15 is 0 Å². The number of hydrogen-bond donors (Lipinski definition) is 1. The normalized spacial score (nSPS) is 22.7. The quantitative estimate of drug-likeness (QED) is 0.539. The molecule has 1 rings (SSSR count). The van der Waals surface area contributed by atoms with E-state index in [4.69, 9.17) is 10.5 Å². The fraction of sp³-hybridized carbons (Fsp3) is 0.833. The van der Waals surface area contributed by atoms with Crippen molar-refractivity contribution in [1.82, 2.24) is 9.80 Å². The topological polar surface area (TPSA) is 75.9 Å². The van der Waals surface area contributed by atoms with Crippen molar-refractivity contribution in [2.75, 3.05) is 32.8 Å². The van der Waals surface area contributed by atoms with Crippen molar-refractivity contribution in [3.05, 3.63) is 0 Å². The van der Waals surface area contributed by atoms with Gasteiger partial charge < -0.3 is 15.4 Å². The molecule has 1 heterocycles. The zero-order valence-corrected chi connectivity index (χ0v) is 11.4. The van der Waals surface area contributed by atoms with Gasteiger partial charge in [-0.15, -0.1) is 0 Å². The Morgan fingerprint density at radius 1 is 1.39 bits per heavy atom. The molecule has 2 atom stereocenters. The molecule has 1 amide bonds. The fourth-order valence-corrected chi connectivity index (χ4v) is 2.19. The molecule has 6 nitrogen and oxygen atoms in total. The van der Waals surface area contributed by atoms with Gasteiger partial charge in [0.05, 0.1) is 6.61 Å². The van der Waals surface area contributed by atoms with Crippen LogP contribution in [0.3, 0.4) is 0 Å². The maximum Gasteiger partial charge on any atom is 0.332 e. The number of likely N-dealkylation sites (N-methyl/N-ethyl adjacent to an activating group) is 1. The number of piperazine rings is 1. The Hall–Kier alpha value is -1.14. The first-order valence-electron chi connectivity index (χ1n) is 6.46. The third kappa shape index (κ3) is 3.43. The first kappa shape index (κ1) is 14.9. The van der Waals surface area contributed by atoms with Gasteiger partial charge in [-0.05, 0) is 20.4 Å². The van der Waals surface area contributed by atoms with Crippen LogP contribution < -0.4 is 5.73 Å². The molecule has 1 aliphatic rings. The molecule has 0 bridgehead atoms. The SMILES string of the molecule is CCOC(=O)C(N)C(=O)N1CCN(CC)C(C)C1. The average Bonchev–Trinajstić information content (AvgIpc) is 2.37. The molecule has 2 unspecified atom stereocenters. The molecule has 0 aromatic rings. The van der Waals surface area contributed by atoms with Crippen LogP contribution in [-0.4, -0.2) is 66.5 Å². The smallest absolute Gasteiger partial charge is 0.332 e. The van der Waals surface area contributed by atoms with Crippen molar-refractivity contribution >= 4 is 11.9 Å². The summed E-state index contributed by atoms with van der Waals surface area (Å²) in [7, 11) is 0. The lowest BCUT2D eigenvalue weighted by Gasteiger charge is -2.39. The largest absolute Gasteiger partial charge is 0.464 e. The Balaban J connectivity index is 2.55. The van der Waals surface area contributed by atoms with Crippen LogP contribution in [0.5, 0.6) is 0 Å². The van der Waals surface area contributed by atoms with E-state index in [1.165, 1.54) is 0 Å². The summed E-state index contributed by atoms with van der Waals surface area (Å²) in [5, 5.41) is 0. The number of rotatable bonds is 4. The molecule has 0 saturated carbocycles. The van der Waals surface area contributed by atoms with E-state index < -0.39 is 12.0 Å². The first-order chi connectivity index (χ1) is 8.51. The van der Waals surface area contributed by atoms with E-state index in [1.54, 1.807) is 11.8 Å². The molecular formula is C12H23N3O3. The maximum absolute atomic E-state index is 12.0. The van der Waals surface area contributed by atoms with Crippen LogP contribution >= 0.6 is 0 Å². The van der Waals surface area contributed by atoms with Gasteiger partial charge in [0.15, 0.2) is 6.04 Å². The summed E-state index contributed by atoms with van der Waals surface area (Å²) < 4.78 is 4.76. The summed E-state index contributed by atoms with van der Waals surface area (Å²) in [5.41, 5.74) is 5.61. The third-order valence-electron chi connectivity index (χ3n) is 3.29. The molecule has 6 heteroatoms. The highest BCUT2D eigenvalue weighted by atomic mass is 16.5. The second-order valence-electron chi connectivity index (χ2n) is 4.49. The van der Waals surface area contributed by atoms with Gasteiger partial charge in [-0.1, -0.05) is 6.92 Å². The van der Waals surface area contributed by atoms with Gasteiger partial charge >= 0.3 is 5.97 Å². The van der Waals surface area contributed by atoms with Crippen LogP contribution in [0, 0.1) is 0 Å². The van der Waals surface area contributed by atoms with E-state index in [2.05, 4.69) is 18.7 Å². The number of hydrogen-bond acceptors (Lipinski definition) is 5. The lowest BCUT2D eigenvalue weighted by Crippen LogP contribution is -2.58. The second-order valence-corrected chi connectivity index (χ2v) is 4.49. The molecule has 2 N–H and O–H groups in total. The van der Waals surface area contributed by atoms with Crippen LogP contribution in [0.25, 0.3) is 0 Å². The highest BCUT2D eigenvalue weighted by Crippen LogP contribution is 2.10. The second kappa shape index (κ2) is 6.70. The van der Waals surface area contributed by atoms with Crippen LogP contribution in [-0.2, 0) is 14.3 Å². The average molecular weight is 257 g/mol. The Bertz CT molecular complexity index is 309. The summed E-state index contributed by atoms with van der Waals surface area (Å²) >= 11 is 0. The predicted octanol–water partition coefficient (Wildman–Crippen LogP) is -0.571. The number of nitrogens with zero attached hydrogens (tertiary/aromatic N) is 2. The Morgan fingerprint density at radius 3 is 2.56 bits per heavy atom. The molecule has 0 aromatic heterocycles. The van der Waals surface area contributed by atoms with E-state index in [1.807, 2.05) is 0 Å². The number of ether oxygens (including phenoxy) is 1. The first-order valence-corrected chi connectivity index (χ1v) is 6.46. The molecule has 0 spiro atoms. The van der Waals surface area contributed by atoms with Crippen LogP contribution in [0.2, 0.25) is 0 Å². The van der Waals surface area contributed by atoms with Gasteiger partial charge in [0.2, 0.25) is 0 Å². The molecule has 104 valence electrons. The van der Waals surface area contributed by atoms with E-state index in [-0.39, 0.29) is 12.5 Å². The monoisotopic (exact) mass is 257 g/mol. The molecule has 0 radical (unpaired) electrons. The van der Waals surface area contributed by atoms with Gasteiger partial charge in [0.1, 0.15) is 0 Å². The van der Waals surface area contributed by atoms with Crippen LogP contribution in [0.1, 0.15) is 20.8 Å². The van der Waals surface area contributed by atoms with E-state index in [9.17, 15) is 9.59 Å². The molecule has 1 saturated heterocycles. The van der Waals surface area contributed by atoms with Gasteiger partial charge in [0.25, 0.3) is 5.91 Å². The Morgan fingerprint density at radius 2 is 2.06 bits per heavy atom. The zero-order valence-electron chi connectivity index (χ0n) is 11.4. The predicted molar refractivity (Wildman–Crippen MR) is 67.9 cm³/mol. The summed E-state index contributed by atoms with van der Waals surface area (Å²) in [4.78, 5) is 27.4. The molecule has 1 aliphatic heterocycles. The van der Waals surface area contributed by atoms with E-state index in [0.717, 1.165) is 13.1 Å². The van der Waals surface area contributed by atoms with Gasteiger partial charge in [-0.2, -0.15) is 0 Å². The maximum atomic E-state index is 12.0. The number of nitrogens with two attached hydrogens (primary N) is 1. The molecule has 0 aliphatic carbocycles. The number of amides is 1. The Labute approximate surface area is 108 Å². The molecule has 18 heavy (non-hydrogen) atoms. The lowest BCUT2D eigenvalue weighted by atomic mass is 10.1. The third-order valence-corrected chi connectivity index (χ3v) is 3.29. The van der Waals surface area contributed by atoms with Crippen molar-refractivity contribution < 1.29 is 14.3 Å². The van der Waals surface area contributed by atoms with Crippen LogP contribution in [0.15, 0.2) is 0 Å². The van der Waals surface area contributed by atoms with Crippen molar-refractivity contribution in [1.29, 1.82) is 0 Å². The minimum Gasteiger partial charge on any atom is -0.464 e. The minimum atomic E-state index is -1.19. The van der Waals surface area contributed by atoms with Crippen molar-refractivity contribution in [3.8, 4) is 0 Å². The van der Waals surface area contributed by atoms with Gasteiger partial charge in [-0.25, -0.2) is 4.79 Å². The minimum absolute atomic E-state index is 0.236. The molecular weight excluding hydrogens is 234 g/mol. The highest BCUT2D eigenvalue weighted by molar-refractivity contribution is 6.01. The Kier molecular flexibility index (Phi) is 5.55. The van der Waals surface area contributed by atoms with Gasteiger partial charge in [-0.3, -0.25) is 9.69 Å². The molecule has 0 aromatic carbocycles. The standard InChI is InChI=1S/C12H23N3O3/c1-4-14-6-7-15(8-9(14)3)11(16)10(13)12(17)18-5-2/h9-10H,4-8,13H2,1-3H3. The number of carbonyl (C=O) groups excluding carboxylic acids is 2.